The second-order valence-corrected chi connectivity index (χ2v) is 12.3. The van der Waals surface area contributed by atoms with E-state index in [4.69, 9.17) is 9.47 Å². The molecule has 1 unspecified atom stereocenters. The molecule has 1 N–H and O–H groups in total. The van der Waals surface area contributed by atoms with Crippen molar-refractivity contribution in [2.24, 2.45) is 5.92 Å². The Kier molecular flexibility index (Phi) is 8.55. The number of rotatable bonds is 0. The third-order valence-electron chi connectivity index (χ3n) is 9.77. The molecule has 5 fully saturated rings. The Bertz CT molecular complexity index is 650. The Morgan fingerprint density at radius 3 is 2.18 bits per heavy atom. The van der Waals surface area contributed by atoms with Crippen LogP contribution in [0.5, 0.6) is 0 Å². The number of hydroxylamine groups is 3. The van der Waals surface area contributed by atoms with Gasteiger partial charge in [-0.2, -0.15) is 0 Å². The van der Waals surface area contributed by atoms with E-state index in [0.29, 0.717) is 31.8 Å². The van der Waals surface area contributed by atoms with E-state index in [9.17, 15) is 10.3 Å². The molecule has 6 heteroatoms. The SMILES string of the molecule is [O-][N+]12CCC[C@]3(O)CCCCCC[C@H]4CCN5CCC[C@@H](CCCCCC[C@@H](CC1)O[C@@H]32)[C@@H]5O4. The Morgan fingerprint density at radius 2 is 1.35 bits per heavy atom. The van der Waals surface area contributed by atoms with Crippen LogP contribution in [0.15, 0.2) is 0 Å². The van der Waals surface area contributed by atoms with Gasteiger partial charge in [-0.15, -0.1) is 0 Å². The molecule has 0 spiro atoms. The minimum absolute atomic E-state index is 0.153. The standard InChI is InChI=1S/C28H50N2O4/c31-28-17-8-4-3-7-13-24-15-20-29-19-9-12-23(26(29)33-24)11-5-1-2-6-14-25-16-22-30(32,21-10-18-28)27(28)34-25/h23-27,31H,1-22H2/t23-,24+,25+,26+,27+,28-,30?/m1/s1. The minimum Gasteiger partial charge on any atom is -0.631 e. The fraction of sp³-hybridized carbons (Fsp3) is 1.00. The maximum Gasteiger partial charge on any atom is 0.222 e. The normalized spacial score (nSPS) is 45.9. The number of ether oxygens (including phenoxy) is 2. The second kappa shape index (κ2) is 11.4. The summed E-state index contributed by atoms with van der Waals surface area (Å²) in [6.07, 6.45) is 20.4. The number of hydrogen-bond donors (Lipinski definition) is 1. The Balaban J connectivity index is 1.20. The number of fused-ring (bicyclic) bond motifs is 2. The second-order valence-electron chi connectivity index (χ2n) is 12.3. The van der Waals surface area contributed by atoms with Crippen molar-refractivity contribution in [1.29, 1.82) is 0 Å². The number of hydrogen-bond acceptors (Lipinski definition) is 5. The van der Waals surface area contributed by atoms with Gasteiger partial charge >= 0.3 is 0 Å². The summed E-state index contributed by atoms with van der Waals surface area (Å²) in [6.45, 7) is 3.68. The maximum atomic E-state index is 13.5. The van der Waals surface area contributed by atoms with Gasteiger partial charge in [0.25, 0.3) is 0 Å². The van der Waals surface area contributed by atoms with Gasteiger partial charge in [0.1, 0.15) is 11.8 Å². The van der Waals surface area contributed by atoms with Gasteiger partial charge in [0.05, 0.1) is 25.3 Å². The first-order chi connectivity index (χ1) is 16.6. The molecular formula is C28H50N2O4. The molecule has 5 heterocycles. The van der Waals surface area contributed by atoms with Gasteiger partial charge in [-0.25, -0.2) is 0 Å². The van der Waals surface area contributed by atoms with Crippen LogP contribution in [0.25, 0.3) is 0 Å². The molecule has 5 rings (SSSR count). The quantitative estimate of drug-likeness (QED) is 0.370. The van der Waals surface area contributed by atoms with Gasteiger partial charge < -0.3 is 24.4 Å². The van der Waals surface area contributed by atoms with E-state index in [2.05, 4.69) is 4.90 Å². The van der Waals surface area contributed by atoms with Gasteiger partial charge in [0.2, 0.25) is 6.23 Å². The van der Waals surface area contributed by atoms with Crippen molar-refractivity contribution in [3.05, 3.63) is 5.21 Å². The van der Waals surface area contributed by atoms with Crippen LogP contribution >= 0.6 is 0 Å². The predicted molar refractivity (Wildman–Crippen MR) is 134 cm³/mol. The summed E-state index contributed by atoms with van der Waals surface area (Å²) >= 11 is 0. The van der Waals surface area contributed by atoms with Crippen molar-refractivity contribution in [2.75, 3.05) is 26.2 Å². The minimum atomic E-state index is -0.939. The molecule has 0 aromatic rings. The van der Waals surface area contributed by atoms with Crippen LogP contribution in [0, 0.1) is 11.1 Å². The topological polar surface area (TPSA) is 65.0 Å². The number of aliphatic hydroxyl groups is 1. The third-order valence-corrected chi connectivity index (χ3v) is 9.77. The molecule has 6 nitrogen and oxygen atoms in total. The van der Waals surface area contributed by atoms with Crippen molar-refractivity contribution in [1.82, 2.24) is 4.90 Å². The lowest BCUT2D eigenvalue weighted by Crippen LogP contribution is -2.69. The molecule has 5 saturated heterocycles. The summed E-state index contributed by atoms with van der Waals surface area (Å²) < 4.78 is 12.8. The highest BCUT2D eigenvalue weighted by atomic mass is 16.6. The zero-order chi connectivity index (χ0) is 23.4. The summed E-state index contributed by atoms with van der Waals surface area (Å²) in [5.41, 5.74) is -0.939. The monoisotopic (exact) mass is 478 g/mol. The van der Waals surface area contributed by atoms with Crippen LogP contribution in [0.4, 0.5) is 0 Å². The summed E-state index contributed by atoms with van der Waals surface area (Å²) in [5.74, 6) is 0.718. The summed E-state index contributed by atoms with van der Waals surface area (Å²) in [4.78, 5) is 2.63. The molecular weight excluding hydrogens is 428 g/mol. The molecule has 0 amide bonds. The molecule has 0 radical (unpaired) electrons. The highest BCUT2D eigenvalue weighted by molar-refractivity contribution is 4.90. The lowest BCUT2D eigenvalue weighted by atomic mass is 9.83. The highest BCUT2D eigenvalue weighted by Gasteiger charge is 2.53. The van der Waals surface area contributed by atoms with Crippen LogP contribution < -0.4 is 0 Å². The van der Waals surface area contributed by atoms with Crippen LogP contribution in [-0.4, -0.2) is 71.1 Å². The fourth-order valence-electron chi connectivity index (χ4n) is 7.80. The lowest BCUT2D eigenvalue weighted by molar-refractivity contribution is -0.952. The van der Waals surface area contributed by atoms with E-state index in [-0.39, 0.29) is 10.8 Å². The average molecular weight is 479 g/mol. The smallest absolute Gasteiger partial charge is 0.222 e. The molecule has 5 aliphatic rings. The molecule has 34 heavy (non-hydrogen) atoms. The zero-order valence-corrected chi connectivity index (χ0v) is 21.5. The zero-order valence-electron chi connectivity index (χ0n) is 21.5. The van der Waals surface area contributed by atoms with Crippen LogP contribution in [0.1, 0.15) is 116 Å². The van der Waals surface area contributed by atoms with Crippen molar-refractivity contribution in [3.8, 4) is 0 Å². The van der Waals surface area contributed by atoms with Gasteiger partial charge in [-0.1, -0.05) is 51.4 Å². The third kappa shape index (κ3) is 5.84. The van der Waals surface area contributed by atoms with Crippen molar-refractivity contribution in [2.45, 2.75) is 146 Å². The van der Waals surface area contributed by atoms with E-state index in [1.54, 1.807) is 0 Å². The molecule has 7 atom stereocenters. The number of nitrogens with zero attached hydrogens (tertiary/aromatic N) is 2. The van der Waals surface area contributed by atoms with E-state index >= 15 is 0 Å². The molecule has 5 aliphatic heterocycles. The molecule has 4 bridgehead atoms. The Labute approximate surface area is 207 Å². The first-order valence-corrected chi connectivity index (χ1v) is 14.9. The predicted octanol–water partition coefficient (Wildman–Crippen LogP) is 5.46. The van der Waals surface area contributed by atoms with E-state index < -0.39 is 11.8 Å². The van der Waals surface area contributed by atoms with E-state index in [1.807, 2.05) is 0 Å². The van der Waals surface area contributed by atoms with Gasteiger partial charge in [-0.05, 0) is 63.7 Å². The number of quaternary nitrogens is 1. The van der Waals surface area contributed by atoms with Crippen LogP contribution in [-0.2, 0) is 9.47 Å². The van der Waals surface area contributed by atoms with Gasteiger partial charge in [0.15, 0.2) is 0 Å². The highest BCUT2D eigenvalue weighted by Crippen LogP contribution is 2.42. The van der Waals surface area contributed by atoms with Crippen molar-refractivity contribution in [3.63, 3.8) is 0 Å². The maximum absolute atomic E-state index is 13.5. The molecule has 0 saturated carbocycles. The van der Waals surface area contributed by atoms with Crippen LogP contribution in [0.2, 0.25) is 0 Å². The summed E-state index contributed by atoms with van der Waals surface area (Å²) in [5, 5.41) is 25.1. The Morgan fingerprint density at radius 1 is 0.676 bits per heavy atom. The van der Waals surface area contributed by atoms with Gasteiger partial charge in [0, 0.05) is 19.5 Å². The molecule has 0 aromatic carbocycles. The first-order valence-electron chi connectivity index (χ1n) is 14.9. The van der Waals surface area contributed by atoms with Gasteiger partial charge in [-0.3, -0.25) is 4.90 Å². The van der Waals surface area contributed by atoms with Crippen molar-refractivity contribution < 1.29 is 19.2 Å². The average Bonchev–Trinajstić information content (AvgIpc) is 2.83. The largest absolute Gasteiger partial charge is 0.631 e. The number of piperidine rings is 2. The lowest BCUT2D eigenvalue weighted by Gasteiger charge is -2.59. The fourth-order valence-corrected chi connectivity index (χ4v) is 7.80. The molecule has 0 aliphatic carbocycles. The van der Waals surface area contributed by atoms with E-state index in [1.165, 1.54) is 83.7 Å². The van der Waals surface area contributed by atoms with E-state index in [0.717, 1.165) is 44.4 Å². The molecule has 0 aromatic heterocycles. The summed E-state index contributed by atoms with van der Waals surface area (Å²) in [7, 11) is 0. The van der Waals surface area contributed by atoms with Crippen molar-refractivity contribution >= 4 is 0 Å². The summed E-state index contributed by atoms with van der Waals surface area (Å²) in [6, 6.07) is 0. The first kappa shape index (κ1) is 25.4. The Hall–Kier alpha value is -0.240. The van der Waals surface area contributed by atoms with Crippen LogP contribution in [0.3, 0.4) is 0 Å². The molecule has 196 valence electrons.